The molecule has 0 bridgehead atoms. The van der Waals surface area contributed by atoms with Crippen molar-refractivity contribution in [2.24, 2.45) is 34.5 Å². The van der Waals surface area contributed by atoms with E-state index in [9.17, 15) is 9.59 Å². The molecule has 0 saturated heterocycles. The number of carbonyl (C=O) groups excluding carboxylic acids is 2. The largest absolute Gasteiger partial charge is 0.463 e. The highest BCUT2D eigenvalue weighted by Crippen LogP contribution is 2.65. The predicted molar refractivity (Wildman–Crippen MR) is 92.3 cm³/mol. The molecule has 3 nitrogen and oxygen atoms in total. The Morgan fingerprint density at radius 3 is 2.58 bits per heavy atom. The summed E-state index contributed by atoms with van der Waals surface area (Å²) in [4.78, 5) is 23.8. The fourth-order valence-electron chi connectivity index (χ4n) is 7.33. The van der Waals surface area contributed by atoms with Gasteiger partial charge in [0.15, 0.2) is 0 Å². The second-order valence-corrected chi connectivity index (χ2v) is 9.58. The molecule has 134 valence electrons. The highest BCUT2D eigenvalue weighted by atomic mass is 16.5. The zero-order valence-corrected chi connectivity index (χ0v) is 15.5. The van der Waals surface area contributed by atoms with Crippen LogP contribution in [-0.4, -0.2) is 17.9 Å². The van der Waals surface area contributed by atoms with E-state index in [2.05, 4.69) is 13.8 Å². The molecule has 4 aliphatic carbocycles. The molecule has 0 aromatic rings. The number of ether oxygens (including phenoxy) is 1. The van der Waals surface area contributed by atoms with E-state index in [1.54, 1.807) is 0 Å². The van der Waals surface area contributed by atoms with Gasteiger partial charge in [0.25, 0.3) is 0 Å². The number of hydrogen-bond acceptors (Lipinski definition) is 3. The lowest BCUT2D eigenvalue weighted by Crippen LogP contribution is -2.54. The van der Waals surface area contributed by atoms with E-state index >= 15 is 0 Å². The van der Waals surface area contributed by atoms with E-state index < -0.39 is 0 Å². The van der Waals surface area contributed by atoms with Gasteiger partial charge in [0.05, 0.1) is 0 Å². The molecule has 0 radical (unpaired) electrons. The second-order valence-electron chi connectivity index (χ2n) is 9.58. The predicted octanol–water partition coefficient (Wildman–Crippen LogP) is 4.53. The minimum absolute atomic E-state index is 0.0146. The van der Waals surface area contributed by atoms with Gasteiger partial charge in [-0.2, -0.15) is 0 Å². The lowest BCUT2D eigenvalue weighted by molar-refractivity contribution is -0.160. The maximum Gasteiger partial charge on any atom is 0.302 e. The molecule has 4 rings (SSSR count). The third-order valence-corrected chi connectivity index (χ3v) is 8.66. The summed E-state index contributed by atoms with van der Waals surface area (Å²) in [5.41, 5.74) is 0.381. The van der Waals surface area contributed by atoms with Crippen LogP contribution in [0.15, 0.2) is 0 Å². The smallest absolute Gasteiger partial charge is 0.302 e. The lowest BCUT2D eigenvalue weighted by Gasteiger charge is -2.60. The van der Waals surface area contributed by atoms with Gasteiger partial charge in [-0.05, 0) is 80.5 Å². The molecule has 4 fully saturated rings. The van der Waals surface area contributed by atoms with Crippen LogP contribution in [0.4, 0.5) is 0 Å². The van der Waals surface area contributed by atoms with Crippen LogP contribution in [0.3, 0.4) is 0 Å². The number of rotatable bonds is 1. The minimum Gasteiger partial charge on any atom is -0.463 e. The molecule has 0 heterocycles. The van der Waals surface area contributed by atoms with Crippen LogP contribution in [0, 0.1) is 34.5 Å². The Labute approximate surface area is 145 Å². The van der Waals surface area contributed by atoms with Crippen molar-refractivity contribution in [3.05, 3.63) is 0 Å². The molecular weight excluding hydrogens is 300 g/mol. The number of ketones is 1. The monoisotopic (exact) mass is 332 g/mol. The van der Waals surface area contributed by atoms with Gasteiger partial charge in [-0.1, -0.05) is 13.8 Å². The summed E-state index contributed by atoms with van der Waals surface area (Å²) < 4.78 is 5.54. The number of Topliss-reactive ketones (excluding diaryl/α,β-unsaturated/α-hetero) is 1. The molecule has 4 saturated carbocycles. The quantitative estimate of drug-likeness (QED) is 0.663. The van der Waals surface area contributed by atoms with Crippen LogP contribution >= 0.6 is 0 Å². The topological polar surface area (TPSA) is 43.4 Å². The Morgan fingerprint density at radius 2 is 1.83 bits per heavy atom. The van der Waals surface area contributed by atoms with Crippen molar-refractivity contribution in [3.63, 3.8) is 0 Å². The van der Waals surface area contributed by atoms with E-state index in [-0.39, 0.29) is 17.5 Å². The first-order chi connectivity index (χ1) is 11.3. The highest BCUT2D eigenvalue weighted by Gasteiger charge is 2.60. The number of esters is 1. The Morgan fingerprint density at radius 1 is 1.04 bits per heavy atom. The van der Waals surface area contributed by atoms with Crippen molar-refractivity contribution in [1.82, 2.24) is 0 Å². The second kappa shape index (κ2) is 5.57. The normalized spacial score (nSPS) is 50.6. The van der Waals surface area contributed by atoms with E-state index in [0.29, 0.717) is 23.0 Å². The third kappa shape index (κ3) is 2.29. The van der Waals surface area contributed by atoms with Crippen LogP contribution in [0.2, 0.25) is 0 Å². The number of carbonyl (C=O) groups is 2. The first-order valence-corrected chi connectivity index (χ1v) is 10.0. The van der Waals surface area contributed by atoms with Gasteiger partial charge >= 0.3 is 5.97 Å². The average molecular weight is 332 g/mol. The summed E-state index contributed by atoms with van der Waals surface area (Å²) in [7, 11) is 0. The van der Waals surface area contributed by atoms with E-state index in [1.807, 2.05) is 0 Å². The van der Waals surface area contributed by atoms with Crippen LogP contribution in [-0.2, 0) is 14.3 Å². The number of hydrogen-bond donors (Lipinski definition) is 0. The lowest BCUT2D eigenvalue weighted by atomic mass is 9.45. The summed E-state index contributed by atoms with van der Waals surface area (Å²) in [6, 6.07) is 0. The SMILES string of the molecule is CC(=O)OC1CC[C@@]2(C)C(CC[C@@H]3[C@@H]2CC[C@]2(C)C(=O)CC[C@@H]32)C1. The van der Waals surface area contributed by atoms with Gasteiger partial charge in [0.2, 0.25) is 0 Å². The van der Waals surface area contributed by atoms with Crippen molar-refractivity contribution in [2.75, 3.05) is 0 Å². The maximum atomic E-state index is 12.5. The van der Waals surface area contributed by atoms with Gasteiger partial charge in [0, 0.05) is 18.8 Å². The van der Waals surface area contributed by atoms with Gasteiger partial charge in [-0.25, -0.2) is 0 Å². The molecule has 0 aliphatic heterocycles. The van der Waals surface area contributed by atoms with E-state index in [4.69, 9.17) is 4.74 Å². The van der Waals surface area contributed by atoms with Crippen molar-refractivity contribution in [2.45, 2.75) is 84.7 Å². The Bertz CT molecular complexity index is 555. The summed E-state index contributed by atoms with van der Waals surface area (Å²) >= 11 is 0. The molecule has 3 heteroatoms. The van der Waals surface area contributed by atoms with Gasteiger partial charge in [-0.3, -0.25) is 9.59 Å². The van der Waals surface area contributed by atoms with Crippen molar-refractivity contribution >= 4 is 11.8 Å². The zero-order chi connectivity index (χ0) is 17.1. The Balaban J connectivity index is 1.54. The summed E-state index contributed by atoms with van der Waals surface area (Å²) in [5.74, 6) is 3.26. The van der Waals surface area contributed by atoms with E-state index in [1.165, 1.54) is 32.6 Å². The fourth-order valence-corrected chi connectivity index (χ4v) is 7.33. The molecule has 7 atom stereocenters. The third-order valence-electron chi connectivity index (χ3n) is 8.66. The summed E-state index contributed by atoms with van der Waals surface area (Å²) in [5, 5.41) is 0. The summed E-state index contributed by atoms with van der Waals surface area (Å²) in [6.45, 7) is 6.30. The van der Waals surface area contributed by atoms with Crippen LogP contribution in [0.25, 0.3) is 0 Å². The van der Waals surface area contributed by atoms with Gasteiger partial charge < -0.3 is 4.74 Å². The average Bonchev–Trinajstić information content (AvgIpc) is 2.83. The van der Waals surface area contributed by atoms with Gasteiger partial charge in [-0.15, -0.1) is 0 Å². The molecule has 4 aliphatic rings. The van der Waals surface area contributed by atoms with E-state index in [0.717, 1.165) is 43.9 Å². The van der Waals surface area contributed by atoms with Crippen molar-refractivity contribution in [1.29, 1.82) is 0 Å². The Kier molecular flexibility index (Phi) is 3.85. The molecule has 0 aromatic heterocycles. The standard InChI is InChI=1S/C21H32O3/c1-13(22)24-15-8-10-20(2)14(12-15)4-5-16-17-6-7-19(23)21(17,3)11-9-18(16)20/h14-18H,4-12H2,1-3H3/t14?,15?,16-,17-,18-,20-,21-/m0/s1. The molecule has 0 aromatic carbocycles. The summed E-state index contributed by atoms with van der Waals surface area (Å²) in [6.07, 6.45) is 10.2. The van der Waals surface area contributed by atoms with Crippen molar-refractivity contribution < 1.29 is 14.3 Å². The van der Waals surface area contributed by atoms with Crippen LogP contribution in [0.1, 0.15) is 78.6 Å². The molecule has 24 heavy (non-hydrogen) atoms. The van der Waals surface area contributed by atoms with Crippen LogP contribution in [0.5, 0.6) is 0 Å². The molecule has 0 N–H and O–H groups in total. The molecule has 0 amide bonds. The zero-order valence-electron chi connectivity index (χ0n) is 15.5. The van der Waals surface area contributed by atoms with Crippen molar-refractivity contribution in [3.8, 4) is 0 Å². The highest BCUT2D eigenvalue weighted by molar-refractivity contribution is 5.87. The molecular formula is C21H32O3. The Hall–Kier alpha value is -0.860. The maximum absolute atomic E-state index is 12.5. The van der Waals surface area contributed by atoms with Crippen LogP contribution < -0.4 is 0 Å². The first kappa shape index (κ1) is 16.6. The first-order valence-electron chi connectivity index (χ1n) is 10.0. The fraction of sp³-hybridized carbons (Fsp3) is 0.905. The molecule has 2 unspecified atom stereocenters. The molecule has 0 spiro atoms. The van der Waals surface area contributed by atoms with Gasteiger partial charge in [0.1, 0.15) is 11.9 Å². The number of fused-ring (bicyclic) bond motifs is 5. The minimum atomic E-state index is -0.129.